The van der Waals surface area contributed by atoms with Crippen LogP contribution in [0.3, 0.4) is 0 Å². The van der Waals surface area contributed by atoms with Crippen molar-refractivity contribution in [1.29, 1.82) is 0 Å². The Hall–Kier alpha value is -3.11. The van der Waals surface area contributed by atoms with E-state index in [4.69, 9.17) is 16.0 Å². The molecule has 4 rings (SSSR count). The monoisotopic (exact) mass is 362 g/mol. The fraction of sp³-hybridized carbons (Fsp3) is 0.0476. The molecule has 0 spiro atoms. The Labute approximate surface area is 156 Å². The predicted molar refractivity (Wildman–Crippen MR) is 102 cm³/mol. The minimum atomic E-state index is -0.166. The molecular weight excluding hydrogens is 348 g/mol. The van der Waals surface area contributed by atoms with Gasteiger partial charge in [-0.1, -0.05) is 54.1 Å². The van der Waals surface area contributed by atoms with Gasteiger partial charge in [-0.25, -0.2) is 4.99 Å². The molecule has 0 N–H and O–H groups in total. The maximum atomic E-state index is 13.0. The van der Waals surface area contributed by atoms with Crippen LogP contribution in [0.25, 0.3) is 6.08 Å². The molecule has 1 aliphatic rings. The van der Waals surface area contributed by atoms with Gasteiger partial charge < -0.3 is 4.42 Å². The van der Waals surface area contributed by atoms with Crippen molar-refractivity contribution in [1.82, 2.24) is 4.90 Å². The zero-order chi connectivity index (χ0) is 17.9. The summed E-state index contributed by atoms with van der Waals surface area (Å²) >= 11 is 6.04. The molecule has 0 bridgehead atoms. The van der Waals surface area contributed by atoms with E-state index in [1.165, 1.54) is 0 Å². The second-order valence-electron chi connectivity index (χ2n) is 5.86. The van der Waals surface area contributed by atoms with Crippen molar-refractivity contribution >= 4 is 29.4 Å². The number of furan rings is 1. The maximum absolute atomic E-state index is 13.0. The highest BCUT2D eigenvalue weighted by atomic mass is 35.5. The summed E-state index contributed by atoms with van der Waals surface area (Å²) in [4.78, 5) is 19.2. The van der Waals surface area contributed by atoms with Crippen molar-refractivity contribution in [2.45, 2.75) is 6.54 Å². The van der Waals surface area contributed by atoms with Crippen LogP contribution in [0.15, 0.2) is 88.1 Å². The first-order valence-electron chi connectivity index (χ1n) is 8.16. The van der Waals surface area contributed by atoms with Crippen molar-refractivity contribution in [2.24, 2.45) is 4.99 Å². The Morgan fingerprint density at radius 3 is 2.62 bits per heavy atom. The first kappa shape index (κ1) is 16.4. The number of nitrogens with zero attached hydrogens (tertiary/aromatic N) is 2. The summed E-state index contributed by atoms with van der Waals surface area (Å²) in [5, 5.41) is 0.615. The summed E-state index contributed by atoms with van der Waals surface area (Å²) in [5.41, 5.74) is 2.08. The summed E-state index contributed by atoms with van der Waals surface area (Å²) in [6.45, 7) is 0.326. The van der Waals surface area contributed by atoms with Crippen LogP contribution in [-0.2, 0) is 11.3 Å². The van der Waals surface area contributed by atoms with Gasteiger partial charge in [0.15, 0.2) is 0 Å². The van der Waals surface area contributed by atoms with Crippen LogP contribution in [-0.4, -0.2) is 16.6 Å². The molecule has 0 fully saturated rings. The molecule has 2 aromatic carbocycles. The molecular formula is C21H15ClN2O2. The number of carbonyl (C=O) groups excluding carboxylic acids is 1. The summed E-state index contributed by atoms with van der Waals surface area (Å²) in [6.07, 6.45) is 3.34. The number of carbonyl (C=O) groups is 1. The van der Waals surface area contributed by atoms with Crippen LogP contribution < -0.4 is 0 Å². The average Bonchev–Trinajstić information content (AvgIpc) is 3.26. The second-order valence-corrected chi connectivity index (χ2v) is 6.29. The summed E-state index contributed by atoms with van der Waals surface area (Å²) in [6, 6.07) is 20.6. The lowest BCUT2D eigenvalue weighted by molar-refractivity contribution is -0.123. The Kier molecular flexibility index (Phi) is 4.42. The van der Waals surface area contributed by atoms with Gasteiger partial charge in [0.05, 0.1) is 12.8 Å². The van der Waals surface area contributed by atoms with Gasteiger partial charge in [-0.2, -0.15) is 0 Å². The maximum Gasteiger partial charge on any atom is 0.278 e. The number of halogens is 1. The summed E-state index contributed by atoms with van der Waals surface area (Å²) in [7, 11) is 0. The third-order valence-corrected chi connectivity index (χ3v) is 4.26. The predicted octanol–water partition coefficient (Wildman–Crippen LogP) is 4.76. The van der Waals surface area contributed by atoms with E-state index in [0.29, 0.717) is 28.9 Å². The van der Waals surface area contributed by atoms with E-state index in [2.05, 4.69) is 4.99 Å². The minimum Gasteiger partial charge on any atom is -0.467 e. The van der Waals surface area contributed by atoms with Crippen molar-refractivity contribution in [3.8, 4) is 0 Å². The summed E-state index contributed by atoms with van der Waals surface area (Å²) in [5.74, 6) is 1.14. The van der Waals surface area contributed by atoms with Crippen LogP contribution >= 0.6 is 11.6 Å². The molecule has 1 aliphatic heterocycles. The zero-order valence-corrected chi connectivity index (χ0v) is 14.6. The Morgan fingerprint density at radius 2 is 1.88 bits per heavy atom. The van der Waals surface area contributed by atoms with Crippen molar-refractivity contribution < 1.29 is 9.21 Å². The number of rotatable bonds is 4. The number of hydrogen-bond donors (Lipinski definition) is 0. The van der Waals surface area contributed by atoms with Gasteiger partial charge in [0.1, 0.15) is 17.3 Å². The van der Waals surface area contributed by atoms with Gasteiger partial charge in [0, 0.05) is 10.6 Å². The average molecular weight is 363 g/mol. The lowest BCUT2D eigenvalue weighted by Gasteiger charge is -2.16. The van der Waals surface area contributed by atoms with Crippen molar-refractivity contribution in [3.63, 3.8) is 0 Å². The number of hydrogen-bond acceptors (Lipinski definition) is 3. The summed E-state index contributed by atoms with van der Waals surface area (Å²) < 4.78 is 5.41. The Balaban J connectivity index is 1.74. The molecule has 0 saturated heterocycles. The van der Waals surface area contributed by atoms with Gasteiger partial charge in [-0.05, 0) is 35.9 Å². The Bertz CT molecular complexity index is 992. The van der Waals surface area contributed by atoms with Crippen LogP contribution in [0.4, 0.5) is 0 Å². The van der Waals surface area contributed by atoms with Crippen LogP contribution in [0, 0.1) is 0 Å². The molecule has 0 aliphatic carbocycles. The fourth-order valence-electron chi connectivity index (χ4n) is 2.82. The van der Waals surface area contributed by atoms with Gasteiger partial charge in [-0.3, -0.25) is 9.69 Å². The lowest BCUT2D eigenvalue weighted by atomic mass is 10.2. The number of aliphatic imine (C=N–C) groups is 1. The third kappa shape index (κ3) is 3.32. The van der Waals surface area contributed by atoms with Crippen LogP contribution in [0.5, 0.6) is 0 Å². The van der Waals surface area contributed by atoms with E-state index in [1.807, 2.05) is 48.5 Å². The topological polar surface area (TPSA) is 45.8 Å². The Morgan fingerprint density at radius 1 is 1.04 bits per heavy atom. The highest BCUT2D eigenvalue weighted by molar-refractivity contribution is 6.30. The van der Waals surface area contributed by atoms with Gasteiger partial charge in [0.2, 0.25) is 0 Å². The quantitative estimate of drug-likeness (QED) is 0.628. The lowest BCUT2D eigenvalue weighted by Crippen LogP contribution is -2.32. The van der Waals surface area contributed by atoms with Crippen LogP contribution in [0.2, 0.25) is 5.02 Å². The van der Waals surface area contributed by atoms with E-state index in [9.17, 15) is 4.79 Å². The molecule has 2 heterocycles. The van der Waals surface area contributed by atoms with Gasteiger partial charge in [0.25, 0.3) is 5.91 Å². The van der Waals surface area contributed by atoms with Crippen LogP contribution in [0.1, 0.15) is 16.9 Å². The molecule has 128 valence electrons. The van der Waals surface area contributed by atoms with Crippen molar-refractivity contribution in [3.05, 3.63) is 101 Å². The smallest absolute Gasteiger partial charge is 0.278 e. The first-order valence-corrected chi connectivity index (χ1v) is 8.54. The van der Waals surface area contributed by atoms with E-state index in [0.717, 1.165) is 11.1 Å². The highest BCUT2D eigenvalue weighted by Crippen LogP contribution is 2.24. The van der Waals surface area contributed by atoms with E-state index in [-0.39, 0.29) is 5.91 Å². The minimum absolute atomic E-state index is 0.166. The largest absolute Gasteiger partial charge is 0.467 e. The number of amides is 1. The van der Waals surface area contributed by atoms with E-state index >= 15 is 0 Å². The normalized spacial score (nSPS) is 15.6. The molecule has 3 aromatic rings. The van der Waals surface area contributed by atoms with E-state index < -0.39 is 0 Å². The SMILES string of the molecule is O=C1/C(=C/c2cccc(Cl)c2)N=C(c2ccccc2)N1Cc1ccco1. The number of amidine groups is 1. The molecule has 5 heteroatoms. The molecule has 0 radical (unpaired) electrons. The fourth-order valence-corrected chi connectivity index (χ4v) is 3.02. The molecule has 0 atom stereocenters. The highest BCUT2D eigenvalue weighted by Gasteiger charge is 2.31. The standard InChI is InChI=1S/C21H15ClN2O2/c22-17-9-4-6-15(12-17)13-19-21(25)24(14-18-10-5-11-26-18)20(23-19)16-7-2-1-3-8-16/h1-13H,14H2/b19-13-. The molecule has 26 heavy (non-hydrogen) atoms. The molecule has 0 unspecified atom stereocenters. The molecule has 1 aromatic heterocycles. The number of benzene rings is 2. The van der Waals surface area contributed by atoms with Crippen molar-refractivity contribution in [2.75, 3.05) is 0 Å². The third-order valence-electron chi connectivity index (χ3n) is 4.02. The van der Waals surface area contributed by atoms with E-state index in [1.54, 1.807) is 35.4 Å². The molecule has 1 amide bonds. The molecule has 0 saturated carbocycles. The zero-order valence-electron chi connectivity index (χ0n) is 13.8. The second kappa shape index (κ2) is 7.02. The molecule has 4 nitrogen and oxygen atoms in total. The van der Waals surface area contributed by atoms with Gasteiger partial charge in [-0.15, -0.1) is 0 Å². The van der Waals surface area contributed by atoms with Gasteiger partial charge >= 0.3 is 0 Å². The first-order chi connectivity index (χ1) is 12.7.